The lowest BCUT2D eigenvalue weighted by molar-refractivity contribution is -0.215. The number of hydrogen-bond donors (Lipinski definition) is 0. The van der Waals surface area contributed by atoms with E-state index in [0.29, 0.717) is 38.1 Å². The second-order valence-electron chi connectivity index (χ2n) is 12.2. The van der Waals surface area contributed by atoms with Crippen LogP contribution in [0.3, 0.4) is 0 Å². The Morgan fingerprint density at radius 3 is 2.41 bits per heavy atom. The summed E-state index contributed by atoms with van der Waals surface area (Å²) in [6.07, 6.45) is 14.2. The van der Waals surface area contributed by atoms with E-state index in [2.05, 4.69) is 26.1 Å². The van der Waals surface area contributed by atoms with Crippen molar-refractivity contribution >= 4 is 27.5 Å². The van der Waals surface area contributed by atoms with Crippen molar-refractivity contribution in [3.8, 4) is 0 Å². The van der Waals surface area contributed by atoms with Crippen LogP contribution in [0.5, 0.6) is 0 Å². The molecule has 0 aromatic carbocycles. The summed E-state index contributed by atoms with van der Waals surface area (Å²) in [7, 11) is 0. The van der Waals surface area contributed by atoms with Gasteiger partial charge in [0, 0.05) is 35.0 Å². The predicted octanol–water partition coefficient (Wildman–Crippen LogP) is 6.01. The Morgan fingerprint density at radius 1 is 1.09 bits per heavy atom. The van der Waals surface area contributed by atoms with Gasteiger partial charge in [0.05, 0.1) is 11.9 Å². The third-order valence-electron chi connectivity index (χ3n) is 9.64. The first-order chi connectivity index (χ1) is 16.3. The molecule has 9 rings (SSSR count). The van der Waals surface area contributed by atoms with Gasteiger partial charge in [-0.15, -0.1) is 0 Å². The molecule has 34 heavy (non-hydrogen) atoms. The highest BCUT2D eigenvalue weighted by Gasteiger charge is 2.69. The van der Waals surface area contributed by atoms with E-state index >= 15 is 0 Å². The molecule has 0 atom stereocenters. The summed E-state index contributed by atoms with van der Waals surface area (Å²) >= 11 is 3.52. The summed E-state index contributed by atoms with van der Waals surface area (Å²) in [5.41, 5.74) is -0.142. The molecule has 0 aliphatic heterocycles. The normalized spacial score (nSPS) is 37.7. The smallest absolute Gasteiger partial charge is 0.232 e. The first kappa shape index (κ1) is 21.5. The molecule has 7 saturated carbocycles. The van der Waals surface area contributed by atoms with E-state index in [1.165, 1.54) is 12.8 Å². The van der Waals surface area contributed by atoms with Gasteiger partial charge in [0.2, 0.25) is 11.8 Å². The Kier molecular flexibility index (Phi) is 4.49. The number of fused-ring (bicyclic) bond motifs is 3. The van der Waals surface area contributed by atoms with Gasteiger partial charge in [-0.3, -0.25) is 9.78 Å². The van der Waals surface area contributed by atoms with Crippen LogP contribution in [0.4, 0.5) is 10.1 Å². The van der Waals surface area contributed by atoms with Gasteiger partial charge in [-0.2, -0.15) is 4.98 Å². The van der Waals surface area contributed by atoms with Crippen LogP contribution in [-0.4, -0.2) is 33.2 Å². The van der Waals surface area contributed by atoms with Crippen molar-refractivity contribution < 1.29 is 13.7 Å². The van der Waals surface area contributed by atoms with E-state index in [1.54, 1.807) is 12.4 Å². The fourth-order valence-corrected chi connectivity index (χ4v) is 7.80. The number of rotatable bonds is 7. The summed E-state index contributed by atoms with van der Waals surface area (Å²) < 4.78 is 20.7. The van der Waals surface area contributed by atoms with E-state index in [4.69, 9.17) is 9.51 Å². The van der Waals surface area contributed by atoms with Gasteiger partial charge in [-0.1, -0.05) is 5.16 Å². The second kappa shape index (κ2) is 7.11. The van der Waals surface area contributed by atoms with Crippen LogP contribution in [0.1, 0.15) is 94.7 Å². The fourth-order valence-electron chi connectivity index (χ4n) is 7.45. The number of alkyl halides is 1. The molecule has 4 bridgehead atoms. The number of hydrogen-bond acceptors (Lipinski definition) is 5. The zero-order valence-electron chi connectivity index (χ0n) is 19.4. The quantitative estimate of drug-likeness (QED) is 0.439. The second-order valence-corrected chi connectivity index (χ2v) is 13.1. The van der Waals surface area contributed by atoms with Crippen LogP contribution in [0.25, 0.3) is 0 Å². The van der Waals surface area contributed by atoms with Crippen LogP contribution >= 0.6 is 15.9 Å². The highest BCUT2D eigenvalue weighted by Crippen LogP contribution is 2.71. The molecule has 8 heteroatoms. The highest BCUT2D eigenvalue weighted by molar-refractivity contribution is 9.10. The van der Waals surface area contributed by atoms with Gasteiger partial charge in [0.1, 0.15) is 5.67 Å². The molecule has 2 aromatic rings. The van der Waals surface area contributed by atoms with E-state index in [-0.39, 0.29) is 22.2 Å². The molecule has 0 unspecified atom stereocenters. The summed E-state index contributed by atoms with van der Waals surface area (Å²) in [5, 5.41) is 4.28. The summed E-state index contributed by atoms with van der Waals surface area (Å²) in [6.45, 7) is 0.702. The summed E-state index contributed by atoms with van der Waals surface area (Å²) in [6, 6.07) is 1.98. The molecule has 0 radical (unpaired) electrons. The molecular formula is C26H30BrFN4O2. The highest BCUT2D eigenvalue weighted by atomic mass is 79.9. The van der Waals surface area contributed by atoms with Gasteiger partial charge >= 0.3 is 0 Å². The zero-order chi connectivity index (χ0) is 23.2. The maximum Gasteiger partial charge on any atom is 0.232 e. The van der Waals surface area contributed by atoms with Crippen molar-refractivity contribution in [2.24, 2.45) is 10.8 Å². The molecular weight excluding hydrogens is 499 g/mol. The van der Waals surface area contributed by atoms with E-state index < -0.39 is 5.67 Å². The number of anilines is 1. The minimum atomic E-state index is -0.981. The Hall–Kier alpha value is -1.83. The summed E-state index contributed by atoms with van der Waals surface area (Å²) in [5.74, 6) is 2.36. The monoisotopic (exact) mass is 528 g/mol. The van der Waals surface area contributed by atoms with Gasteiger partial charge in [0.25, 0.3) is 0 Å². The van der Waals surface area contributed by atoms with Gasteiger partial charge in [0.15, 0.2) is 5.82 Å². The van der Waals surface area contributed by atoms with Crippen molar-refractivity contribution in [2.45, 2.75) is 94.1 Å². The number of halogens is 2. The zero-order valence-corrected chi connectivity index (χ0v) is 20.9. The molecule has 0 saturated heterocycles. The molecule has 7 aliphatic carbocycles. The van der Waals surface area contributed by atoms with Crippen LogP contribution in [0, 0.1) is 10.8 Å². The minimum absolute atomic E-state index is 0.00927. The fraction of sp³-hybridized carbons (Fsp3) is 0.692. The van der Waals surface area contributed by atoms with E-state index in [0.717, 1.165) is 60.4 Å². The minimum Gasteiger partial charge on any atom is -0.339 e. The summed E-state index contributed by atoms with van der Waals surface area (Å²) in [4.78, 5) is 24.7. The maximum atomic E-state index is 14.1. The van der Waals surface area contributed by atoms with Crippen LogP contribution in [0.2, 0.25) is 0 Å². The first-order valence-electron chi connectivity index (χ1n) is 12.7. The number of pyridine rings is 1. The average Bonchev–Trinajstić information content (AvgIpc) is 3.53. The lowest BCUT2D eigenvalue weighted by atomic mass is 9.41. The average molecular weight is 529 g/mol. The number of carbonyl (C=O) groups is 1. The van der Waals surface area contributed by atoms with E-state index in [1.807, 2.05) is 11.0 Å². The topological polar surface area (TPSA) is 72.1 Å². The van der Waals surface area contributed by atoms with Crippen LogP contribution in [0.15, 0.2) is 27.5 Å². The lowest BCUT2D eigenvalue weighted by Crippen LogP contribution is -2.65. The Bertz CT molecular complexity index is 1120. The van der Waals surface area contributed by atoms with Crippen molar-refractivity contribution in [1.82, 2.24) is 15.1 Å². The van der Waals surface area contributed by atoms with Crippen LogP contribution in [-0.2, 0) is 10.2 Å². The Balaban J connectivity index is 1.10. The van der Waals surface area contributed by atoms with Crippen LogP contribution < -0.4 is 4.90 Å². The number of aromatic nitrogens is 3. The SMILES string of the molecule is O=C(CC12CC(F)(C1)C2)N(CC12CCC(c3nc(C4CC4)no3)(CC1)CC2)c1cncc(Br)c1. The molecule has 1 amide bonds. The largest absolute Gasteiger partial charge is 0.339 e. The Labute approximate surface area is 207 Å². The molecule has 2 aromatic heterocycles. The molecule has 2 heterocycles. The van der Waals surface area contributed by atoms with Crippen molar-refractivity contribution in [3.05, 3.63) is 34.6 Å². The van der Waals surface area contributed by atoms with Gasteiger partial charge < -0.3 is 9.42 Å². The van der Waals surface area contributed by atoms with Crippen molar-refractivity contribution in [1.29, 1.82) is 0 Å². The standard InChI is InChI=1S/C26H30BrFN4O2/c27-18-9-19(12-29-11-18)32(20(33)10-24-13-26(28,14-24)15-24)16-23-3-6-25(7-4-23,8-5-23)22-30-21(31-34-22)17-1-2-17/h9,11-12,17H,1-8,10,13-16H2. The van der Waals surface area contributed by atoms with Crippen molar-refractivity contribution in [3.63, 3.8) is 0 Å². The third kappa shape index (κ3) is 3.38. The van der Waals surface area contributed by atoms with Gasteiger partial charge in [-0.25, -0.2) is 4.39 Å². The van der Waals surface area contributed by atoms with Gasteiger partial charge in [-0.05, 0) is 103 Å². The van der Waals surface area contributed by atoms with Crippen molar-refractivity contribution in [2.75, 3.05) is 11.4 Å². The number of amides is 1. The molecule has 7 aliphatic rings. The molecule has 0 spiro atoms. The molecule has 0 N–H and O–H groups in total. The predicted molar refractivity (Wildman–Crippen MR) is 127 cm³/mol. The molecule has 7 fully saturated rings. The van der Waals surface area contributed by atoms with E-state index in [9.17, 15) is 9.18 Å². The Morgan fingerprint density at radius 2 is 1.79 bits per heavy atom. The lowest BCUT2D eigenvalue weighted by Gasteiger charge is -2.66. The molecule has 6 nitrogen and oxygen atoms in total. The number of nitrogens with zero attached hydrogens (tertiary/aromatic N) is 4. The first-order valence-corrected chi connectivity index (χ1v) is 13.5. The maximum absolute atomic E-state index is 14.1. The number of carbonyl (C=O) groups excluding carboxylic acids is 1. The third-order valence-corrected chi connectivity index (χ3v) is 10.1. The molecule has 180 valence electrons.